The van der Waals surface area contributed by atoms with Gasteiger partial charge in [0.15, 0.2) is 11.9 Å². The highest BCUT2D eigenvalue weighted by atomic mass is 32.2. The summed E-state index contributed by atoms with van der Waals surface area (Å²) in [6.45, 7) is 0.643. The number of aromatic nitrogens is 2. The van der Waals surface area contributed by atoms with E-state index in [1.807, 2.05) is 36.4 Å². The van der Waals surface area contributed by atoms with Gasteiger partial charge in [0.05, 0.1) is 36.1 Å². The van der Waals surface area contributed by atoms with Crippen LogP contribution in [-0.2, 0) is 23.6 Å². The molecule has 0 amide bonds. The number of ether oxygens (including phenoxy) is 3. The van der Waals surface area contributed by atoms with Crippen molar-refractivity contribution in [1.82, 2.24) is 9.55 Å². The van der Waals surface area contributed by atoms with Crippen LogP contribution in [0.5, 0.6) is 11.5 Å². The third-order valence-corrected chi connectivity index (χ3v) is 6.69. The van der Waals surface area contributed by atoms with Gasteiger partial charge in [-0.25, -0.2) is 4.98 Å². The molecule has 0 radical (unpaired) electrons. The molecule has 3 aromatic carbocycles. The largest absolute Gasteiger partial charge is 0.497 e. The predicted molar refractivity (Wildman–Crippen MR) is 131 cm³/mol. The van der Waals surface area contributed by atoms with E-state index in [0.717, 1.165) is 11.3 Å². The molecule has 10 heteroatoms. The van der Waals surface area contributed by atoms with Gasteiger partial charge in [-0.3, -0.25) is 19.5 Å². The van der Waals surface area contributed by atoms with Crippen molar-refractivity contribution in [2.75, 3.05) is 13.9 Å². The SMILES string of the molecule is COc1ccc(Cn2c(SCc3cc([N+](=O)[O-])cc4c3OCOC4)nc3ccccc3c2=O)cc1. The van der Waals surface area contributed by atoms with E-state index >= 15 is 0 Å². The molecule has 0 unspecified atom stereocenters. The minimum atomic E-state index is -0.434. The van der Waals surface area contributed by atoms with Crippen LogP contribution in [0.25, 0.3) is 10.9 Å². The molecular weight excluding hydrogens is 470 g/mol. The number of methoxy groups -OCH3 is 1. The van der Waals surface area contributed by atoms with Gasteiger partial charge in [0, 0.05) is 29.0 Å². The van der Waals surface area contributed by atoms with Crippen LogP contribution in [0.15, 0.2) is 70.6 Å². The second-order valence-corrected chi connectivity index (χ2v) is 8.84. The summed E-state index contributed by atoms with van der Waals surface area (Å²) in [5.41, 5.74) is 2.61. The number of hydrogen-bond acceptors (Lipinski definition) is 8. The van der Waals surface area contributed by atoms with E-state index in [1.165, 1.54) is 23.9 Å². The normalized spacial score (nSPS) is 12.7. The lowest BCUT2D eigenvalue weighted by Gasteiger charge is -2.20. The summed E-state index contributed by atoms with van der Waals surface area (Å²) in [7, 11) is 1.60. The molecule has 35 heavy (non-hydrogen) atoms. The molecule has 0 fully saturated rings. The molecule has 9 nitrogen and oxygen atoms in total. The minimum absolute atomic E-state index is 0.0319. The molecule has 5 rings (SSSR count). The fraction of sp³-hybridized carbons (Fsp3) is 0.200. The van der Waals surface area contributed by atoms with E-state index in [4.69, 9.17) is 19.2 Å². The van der Waals surface area contributed by atoms with Crippen molar-refractivity contribution in [3.05, 3.63) is 97.8 Å². The Morgan fingerprint density at radius 1 is 1.17 bits per heavy atom. The van der Waals surface area contributed by atoms with E-state index in [-0.39, 0.29) is 24.6 Å². The topological polar surface area (TPSA) is 106 Å². The Bertz CT molecular complexity index is 1470. The van der Waals surface area contributed by atoms with Gasteiger partial charge >= 0.3 is 0 Å². The van der Waals surface area contributed by atoms with Crippen molar-refractivity contribution in [2.45, 2.75) is 24.1 Å². The van der Waals surface area contributed by atoms with Gasteiger partial charge in [0.1, 0.15) is 11.5 Å². The van der Waals surface area contributed by atoms with Crippen LogP contribution in [0.1, 0.15) is 16.7 Å². The summed E-state index contributed by atoms with van der Waals surface area (Å²) in [5, 5.41) is 12.5. The lowest BCUT2D eigenvalue weighted by Crippen LogP contribution is -2.24. The van der Waals surface area contributed by atoms with E-state index in [9.17, 15) is 14.9 Å². The molecule has 0 bridgehead atoms. The number of nitro benzene ring substituents is 1. The zero-order valence-corrected chi connectivity index (χ0v) is 19.6. The number of non-ortho nitro benzene ring substituents is 1. The number of benzene rings is 3. The smallest absolute Gasteiger partial charge is 0.270 e. The van der Waals surface area contributed by atoms with Gasteiger partial charge in [-0.05, 0) is 29.8 Å². The number of nitrogens with zero attached hydrogens (tertiary/aromatic N) is 3. The Morgan fingerprint density at radius 2 is 1.97 bits per heavy atom. The highest BCUT2D eigenvalue weighted by molar-refractivity contribution is 7.98. The lowest BCUT2D eigenvalue weighted by molar-refractivity contribution is -0.385. The zero-order valence-electron chi connectivity index (χ0n) is 18.8. The van der Waals surface area contributed by atoms with E-state index in [0.29, 0.717) is 45.2 Å². The summed E-state index contributed by atoms with van der Waals surface area (Å²) in [6.07, 6.45) is 0. The average Bonchev–Trinajstić information content (AvgIpc) is 2.89. The van der Waals surface area contributed by atoms with Crippen LogP contribution in [-0.4, -0.2) is 28.4 Å². The van der Waals surface area contributed by atoms with E-state index in [2.05, 4.69) is 0 Å². The second kappa shape index (κ2) is 9.77. The van der Waals surface area contributed by atoms with Gasteiger partial charge in [-0.2, -0.15) is 0 Å². The summed E-state index contributed by atoms with van der Waals surface area (Å²) in [4.78, 5) is 29.2. The Kier molecular flexibility index (Phi) is 6.39. The van der Waals surface area contributed by atoms with Crippen molar-refractivity contribution in [2.24, 2.45) is 0 Å². The Hall–Kier alpha value is -3.89. The molecule has 0 saturated heterocycles. The number of hydrogen-bond donors (Lipinski definition) is 0. The van der Waals surface area contributed by atoms with Crippen LogP contribution in [0.4, 0.5) is 5.69 Å². The van der Waals surface area contributed by atoms with Crippen LogP contribution < -0.4 is 15.0 Å². The van der Waals surface area contributed by atoms with Crippen molar-refractivity contribution >= 4 is 28.4 Å². The Labute approximate surface area is 204 Å². The van der Waals surface area contributed by atoms with Crippen molar-refractivity contribution in [3.8, 4) is 11.5 Å². The maximum Gasteiger partial charge on any atom is 0.270 e. The first kappa shape index (κ1) is 22.9. The molecule has 1 aliphatic rings. The zero-order chi connectivity index (χ0) is 24.4. The highest BCUT2D eigenvalue weighted by Gasteiger charge is 2.22. The molecule has 2 heterocycles. The first-order valence-electron chi connectivity index (χ1n) is 10.8. The van der Waals surface area contributed by atoms with Gasteiger partial charge in [-0.15, -0.1) is 0 Å². The van der Waals surface area contributed by atoms with Gasteiger partial charge in [0.2, 0.25) is 0 Å². The molecule has 1 aliphatic heterocycles. The molecule has 0 spiro atoms. The molecule has 4 aromatic rings. The fourth-order valence-corrected chi connectivity index (χ4v) is 4.91. The quantitative estimate of drug-likeness (QED) is 0.161. The molecule has 0 aliphatic carbocycles. The number of thioether (sulfide) groups is 1. The first-order valence-corrected chi connectivity index (χ1v) is 11.8. The summed E-state index contributed by atoms with van der Waals surface area (Å²) >= 11 is 1.33. The van der Waals surface area contributed by atoms with E-state index in [1.54, 1.807) is 23.8 Å². The Morgan fingerprint density at radius 3 is 2.74 bits per heavy atom. The average molecular weight is 492 g/mol. The fourth-order valence-electron chi connectivity index (χ4n) is 3.95. The lowest BCUT2D eigenvalue weighted by atomic mass is 10.1. The number of fused-ring (bicyclic) bond motifs is 2. The van der Waals surface area contributed by atoms with Gasteiger partial charge in [0.25, 0.3) is 11.2 Å². The predicted octanol–water partition coefficient (Wildman–Crippen LogP) is 4.52. The number of rotatable bonds is 7. The number of para-hydroxylation sites is 1. The molecule has 178 valence electrons. The molecule has 0 N–H and O–H groups in total. The maximum absolute atomic E-state index is 13.4. The van der Waals surface area contributed by atoms with Gasteiger partial charge in [-0.1, -0.05) is 36.0 Å². The molecule has 1 aromatic heterocycles. The van der Waals surface area contributed by atoms with Crippen molar-refractivity contribution in [3.63, 3.8) is 0 Å². The van der Waals surface area contributed by atoms with Crippen molar-refractivity contribution < 1.29 is 19.1 Å². The maximum atomic E-state index is 13.4. The molecular formula is C25H21N3O6S. The van der Waals surface area contributed by atoms with Crippen LogP contribution in [0.2, 0.25) is 0 Å². The summed E-state index contributed by atoms with van der Waals surface area (Å²) < 4.78 is 17.8. The van der Waals surface area contributed by atoms with Crippen LogP contribution in [0, 0.1) is 10.1 Å². The first-order chi connectivity index (χ1) is 17.0. The molecule has 0 saturated carbocycles. The Balaban J connectivity index is 1.54. The highest BCUT2D eigenvalue weighted by Crippen LogP contribution is 2.36. The standard InChI is InChI=1S/C25H21N3O6S/c1-32-20-8-6-16(7-9-20)12-27-24(29)21-4-2-3-5-22(21)26-25(27)35-14-18-11-19(28(30)31)10-17-13-33-15-34-23(17)18/h2-11H,12-15H2,1H3. The third-order valence-electron chi connectivity index (χ3n) is 5.67. The van der Waals surface area contributed by atoms with Gasteiger partial charge < -0.3 is 14.2 Å². The van der Waals surface area contributed by atoms with Crippen LogP contribution >= 0.6 is 11.8 Å². The van der Waals surface area contributed by atoms with Crippen LogP contribution in [0.3, 0.4) is 0 Å². The third kappa shape index (κ3) is 4.71. The van der Waals surface area contributed by atoms with Crippen molar-refractivity contribution in [1.29, 1.82) is 0 Å². The summed E-state index contributed by atoms with van der Waals surface area (Å²) in [6, 6.07) is 17.7. The minimum Gasteiger partial charge on any atom is -0.497 e. The number of nitro groups is 1. The molecule has 0 atom stereocenters. The second-order valence-electron chi connectivity index (χ2n) is 7.90. The monoisotopic (exact) mass is 491 g/mol. The summed E-state index contributed by atoms with van der Waals surface area (Å²) in [5.74, 6) is 1.64. The van der Waals surface area contributed by atoms with E-state index < -0.39 is 4.92 Å².